The Bertz CT molecular complexity index is 1240. The number of hydrogen-bond acceptors (Lipinski definition) is 7. The van der Waals surface area contributed by atoms with E-state index < -0.39 is 18.1 Å². The molecule has 4 rings (SSSR count). The van der Waals surface area contributed by atoms with Crippen molar-refractivity contribution in [3.63, 3.8) is 0 Å². The molecular weight excluding hydrogens is 475 g/mol. The largest absolute Gasteiger partial charge is 0.491 e. The highest BCUT2D eigenvalue weighted by Crippen LogP contribution is 2.27. The molecule has 0 radical (unpaired) electrons. The van der Waals surface area contributed by atoms with Crippen molar-refractivity contribution in [2.24, 2.45) is 5.92 Å². The van der Waals surface area contributed by atoms with Crippen molar-refractivity contribution in [3.05, 3.63) is 59.2 Å². The number of carbonyl (C=O) groups excluding carboxylic acids is 2. The van der Waals surface area contributed by atoms with Gasteiger partial charge in [0.25, 0.3) is 5.89 Å². The van der Waals surface area contributed by atoms with Gasteiger partial charge in [-0.25, -0.2) is 4.79 Å². The third-order valence-electron chi connectivity index (χ3n) is 5.90. The minimum Gasteiger partial charge on any atom is -0.386 e. The third-order valence-corrected chi connectivity index (χ3v) is 5.90. The van der Waals surface area contributed by atoms with Crippen LogP contribution in [0.1, 0.15) is 37.0 Å². The first-order valence-corrected chi connectivity index (χ1v) is 11.7. The molecule has 0 spiro atoms. The number of ether oxygens (including phenoxy) is 1. The van der Waals surface area contributed by atoms with Crippen LogP contribution in [-0.2, 0) is 33.7 Å². The van der Waals surface area contributed by atoms with Gasteiger partial charge >= 0.3 is 18.1 Å². The monoisotopic (exact) mass is 501 g/mol. The van der Waals surface area contributed by atoms with Crippen LogP contribution in [0.15, 0.2) is 47.0 Å². The van der Waals surface area contributed by atoms with Gasteiger partial charge in [0, 0.05) is 30.8 Å². The van der Waals surface area contributed by atoms with Gasteiger partial charge in [0.05, 0.1) is 6.42 Å². The molecule has 0 fully saturated rings. The Morgan fingerprint density at radius 3 is 2.50 bits per heavy atom. The van der Waals surface area contributed by atoms with Gasteiger partial charge in [0.2, 0.25) is 5.82 Å². The number of hydrogen-bond donors (Lipinski definition) is 0. The van der Waals surface area contributed by atoms with Crippen molar-refractivity contribution in [2.75, 3.05) is 13.1 Å². The molecule has 7 nitrogen and oxygen atoms in total. The molecule has 0 N–H and O–H groups in total. The molecule has 0 aliphatic carbocycles. The molecule has 0 unspecified atom stereocenters. The Balaban J connectivity index is 1.36. The van der Waals surface area contributed by atoms with Crippen LogP contribution in [0, 0.1) is 5.92 Å². The van der Waals surface area contributed by atoms with E-state index in [1.54, 1.807) is 0 Å². The Hall–Kier alpha value is -3.53. The molecule has 2 aromatic carbocycles. The molecule has 1 aromatic heterocycles. The first-order chi connectivity index (χ1) is 17.1. The molecule has 10 heteroatoms. The molecule has 36 heavy (non-hydrogen) atoms. The molecular formula is C26H26F3N3O4. The number of rotatable bonds is 7. The van der Waals surface area contributed by atoms with Gasteiger partial charge in [-0.2, -0.15) is 18.2 Å². The second-order valence-corrected chi connectivity index (χ2v) is 9.24. The molecule has 0 atom stereocenters. The highest BCUT2D eigenvalue weighted by atomic mass is 19.4. The third kappa shape index (κ3) is 6.37. The van der Waals surface area contributed by atoms with Gasteiger partial charge in [-0.1, -0.05) is 43.3 Å². The maximum absolute atomic E-state index is 12.2. The van der Waals surface area contributed by atoms with Gasteiger partial charge < -0.3 is 9.26 Å². The molecule has 0 amide bonds. The fourth-order valence-electron chi connectivity index (χ4n) is 4.12. The normalized spacial score (nSPS) is 14.1. The minimum atomic E-state index is -5.19. The first kappa shape index (κ1) is 25.6. The van der Waals surface area contributed by atoms with Gasteiger partial charge in [0.1, 0.15) is 0 Å². The highest BCUT2D eigenvalue weighted by Gasteiger charge is 2.42. The van der Waals surface area contributed by atoms with Crippen molar-refractivity contribution in [2.45, 2.75) is 45.8 Å². The predicted octanol–water partition coefficient (Wildman–Crippen LogP) is 4.98. The van der Waals surface area contributed by atoms with E-state index in [4.69, 9.17) is 4.52 Å². The molecule has 2 heterocycles. The predicted molar refractivity (Wildman–Crippen MR) is 124 cm³/mol. The summed E-state index contributed by atoms with van der Waals surface area (Å²) in [7, 11) is 0. The van der Waals surface area contributed by atoms with Gasteiger partial charge in [-0.15, -0.1) is 0 Å². The van der Waals surface area contributed by atoms with Gasteiger partial charge in [0.15, 0.2) is 0 Å². The molecule has 0 bridgehead atoms. The molecule has 0 saturated carbocycles. The van der Waals surface area contributed by atoms with E-state index in [1.807, 2.05) is 35.2 Å². The van der Waals surface area contributed by atoms with Crippen LogP contribution in [0.4, 0.5) is 13.2 Å². The number of nitrogens with zero attached hydrogens (tertiary/aromatic N) is 3. The van der Waals surface area contributed by atoms with Crippen molar-refractivity contribution in [1.82, 2.24) is 15.0 Å². The summed E-state index contributed by atoms with van der Waals surface area (Å²) in [6.07, 6.45) is -3.81. The average Bonchev–Trinajstić information content (AvgIpc) is 3.32. The number of benzene rings is 2. The lowest BCUT2D eigenvalue weighted by Gasteiger charge is -2.28. The van der Waals surface area contributed by atoms with Crippen molar-refractivity contribution < 1.29 is 32.0 Å². The van der Waals surface area contributed by atoms with Crippen LogP contribution in [0.2, 0.25) is 0 Å². The summed E-state index contributed by atoms with van der Waals surface area (Å²) in [6, 6.07) is 13.9. The lowest BCUT2D eigenvalue weighted by atomic mass is 9.97. The van der Waals surface area contributed by atoms with Crippen LogP contribution in [0.25, 0.3) is 22.8 Å². The lowest BCUT2D eigenvalue weighted by Crippen LogP contribution is -2.34. The van der Waals surface area contributed by atoms with E-state index in [0.29, 0.717) is 37.1 Å². The van der Waals surface area contributed by atoms with Crippen LogP contribution in [0.3, 0.4) is 0 Å². The topological polar surface area (TPSA) is 85.5 Å². The zero-order valence-corrected chi connectivity index (χ0v) is 20.0. The summed E-state index contributed by atoms with van der Waals surface area (Å²) < 4.78 is 46.0. The second-order valence-electron chi connectivity index (χ2n) is 9.24. The molecule has 3 aromatic rings. The summed E-state index contributed by atoms with van der Waals surface area (Å²) in [6.45, 7) is 5.68. The van der Waals surface area contributed by atoms with E-state index in [1.165, 1.54) is 5.56 Å². The zero-order valence-electron chi connectivity index (χ0n) is 20.0. The van der Waals surface area contributed by atoms with E-state index in [9.17, 15) is 22.8 Å². The molecule has 1 aliphatic rings. The van der Waals surface area contributed by atoms with Gasteiger partial charge in [-0.3, -0.25) is 9.69 Å². The fourth-order valence-corrected chi connectivity index (χ4v) is 4.12. The summed E-state index contributed by atoms with van der Waals surface area (Å²) in [5, 5.41) is 4.13. The zero-order chi connectivity index (χ0) is 25.9. The minimum absolute atomic E-state index is 0.190. The number of aromatic nitrogens is 2. The van der Waals surface area contributed by atoms with E-state index >= 15 is 0 Å². The van der Waals surface area contributed by atoms with Crippen LogP contribution >= 0.6 is 0 Å². The number of carbonyl (C=O) groups is 2. The van der Waals surface area contributed by atoms with Crippen molar-refractivity contribution >= 4 is 11.9 Å². The maximum Gasteiger partial charge on any atom is 0.491 e. The quantitative estimate of drug-likeness (QED) is 0.333. The number of fused-ring (bicyclic) bond motifs is 1. The maximum atomic E-state index is 12.2. The Morgan fingerprint density at radius 1 is 1.08 bits per heavy atom. The molecule has 0 saturated heterocycles. The lowest BCUT2D eigenvalue weighted by molar-refractivity contribution is -0.201. The molecule has 1 aliphatic heterocycles. The first-order valence-electron chi connectivity index (χ1n) is 11.7. The summed E-state index contributed by atoms with van der Waals surface area (Å²) in [5.74, 6) is -2.18. The van der Waals surface area contributed by atoms with Crippen molar-refractivity contribution in [3.8, 4) is 22.8 Å². The standard InChI is InChI=1S/C26H26F3N3O4/c1-16(2)13-17-3-5-18(6-4-17)24-30-23(31-36-24)20-7-8-21-15-32(11-9-19(21)14-20)12-10-22(33)35-25(34)26(27,28)29/h3-8,14,16H,9-13,15H2,1-2H3. The SMILES string of the molecule is CC(C)Cc1ccc(-c2nc(-c3ccc4c(c3)CCN(CCC(=O)OC(=O)C(F)(F)F)C4)no2)cc1. The van der Waals surface area contributed by atoms with E-state index in [-0.39, 0.29) is 13.0 Å². The van der Waals surface area contributed by atoms with Crippen LogP contribution in [-0.4, -0.2) is 46.2 Å². The fraction of sp³-hybridized carbons (Fsp3) is 0.385. The van der Waals surface area contributed by atoms with Crippen LogP contribution < -0.4 is 0 Å². The van der Waals surface area contributed by atoms with E-state index in [0.717, 1.165) is 28.7 Å². The second kappa shape index (κ2) is 10.6. The Labute approximate surface area is 206 Å². The highest BCUT2D eigenvalue weighted by molar-refractivity contribution is 5.88. The average molecular weight is 502 g/mol. The van der Waals surface area contributed by atoms with E-state index in [2.05, 4.69) is 40.9 Å². The summed E-state index contributed by atoms with van der Waals surface area (Å²) in [4.78, 5) is 28.8. The summed E-state index contributed by atoms with van der Waals surface area (Å²) in [5.41, 5.74) is 5.06. The number of esters is 2. The Kier molecular flexibility index (Phi) is 7.53. The number of alkyl halides is 3. The molecule has 190 valence electrons. The van der Waals surface area contributed by atoms with Crippen molar-refractivity contribution in [1.29, 1.82) is 0 Å². The smallest absolute Gasteiger partial charge is 0.386 e. The summed E-state index contributed by atoms with van der Waals surface area (Å²) >= 11 is 0. The number of halogens is 3. The Morgan fingerprint density at radius 2 is 1.81 bits per heavy atom. The van der Waals surface area contributed by atoms with Gasteiger partial charge in [-0.05, 0) is 53.6 Å². The van der Waals surface area contributed by atoms with Crippen LogP contribution in [0.5, 0.6) is 0 Å².